The van der Waals surface area contributed by atoms with E-state index in [0.717, 1.165) is 6.54 Å². The number of aromatic nitrogens is 1. The average Bonchev–Trinajstić information content (AvgIpc) is 3.26. The Morgan fingerprint density at radius 2 is 2.12 bits per heavy atom. The molecule has 1 N–H and O–H groups in total. The van der Waals surface area contributed by atoms with Crippen LogP contribution in [0.25, 0.3) is 0 Å². The van der Waals surface area contributed by atoms with Gasteiger partial charge in [0.1, 0.15) is 0 Å². The Morgan fingerprint density at radius 3 is 2.79 bits per heavy atom. The van der Waals surface area contributed by atoms with E-state index in [1.54, 1.807) is 13.3 Å². The molecule has 2 aromatic heterocycles. The monoisotopic (exact) mass is 365 g/mol. The van der Waals surface area contributed by atoms with Crippen molar-refractivity contribution in [3.63, 3.8) is 0 Å². The second-order valence-corrected chi connectivity index (χ2v) is 8.09. The van der Waals surface area contributed by atoms with Gasteiger partial charge in [-0.05, 0) is 55.3 Å². The second-order valence-electron chi connectivity index (χ2n) is 6.09. The zero-order chi connectivity index (χ0) is 16.5. The Bertz CT molecular complexity index is 722. The van der Waals surface area contributed by atoms with Crippen molar-refractivity contribution in [3.05, 3.63) is 23.2 Å². The normalized spacial score (nSPS) is 25.5. The number of nitrogens with zero attached hydrogens (tertiary/aromatic N) is 2. The molecule has 2 bridgehead atoms. The zero-order valence-corrected chi connectivity index (χ0v) is 15.0. The first-order chi connectivity index (χ1) is 11.7. The van der Waals surface area contributed by atoms with Crippen molar-refractivity contribution in [1.82, 2.24) is 15.2 Å². The van der Waals surface area contributed by atoms with Gasteiger partial charge >= 0.3 is 0 Å². The van der Waals surface area contributed by atoms with E-state index in [9.17, 15) is 4.79 Å². The molecule has 1 atom stereocenters. The van der Waals surface area contributed by atoms with E-state index < -0.39 is 0 Å². The second kappa shape index (κ2) is 6.70. The number of fused-ring (bicyclic) bond motifs is 3. The van der Waals surface area contributed by atoms with Crippen LogP contribution in [0, 0.1) is 5.92 Å². The number of thiazole rings is 1. The fraction of sp³-hybridized carbons (Fsp3) is 0.500. The molecule has 3 aliphatic heterocycles. The number of rotatable bonds is 5. The van der Waals surface area contributed by atoms with Crippen LogP contribution in [0.5, 0.6) is 15.3 Å². The Balaban J connectivity index is 1.38. The van der Waals surface area contributed by atoms with Gasteiger partial charge in [0.15, 0.2) is 5.06 Å². The molecule has 0 spiro atoms. The quantitative estimate of drug-likeness (QED) is 0.883. The zero-order valence-electron chi connectivity index (χ0n) is 13.4. The van der Waals surface area contributed by atoms with Crippen LogP contribution < -0.4 is 14.8 Å². The van der Waals surface area contributed by atoms with Crippen LogP contribution in [-0.4, -0.2) is 48.6 Å². The maximum absolute atomic E-state index is 12.5. The molecule has 6 nitrogen and oxygen atoms in total. The van der Waals surface area contributed by atoms with Crippen molar-refractivity contribution in [2.24, 2.45) is 5.92 Å². The van der Waals surface area contributed by atoms with Crippen molar-refractivity contribution in [3.8, 4) is 15.3 Å². The summed E-state index contributed by atoms with van der Waals surface area (Å²) in [4.78, 5) is 19.7. The van der Waals surface area contributed by atoms with Crippen LogP contribution in [-0.2, 0) is 0 Å². The van der Waals surface area contributed by atoms with Crippen LogP contribution in [0.2, 0.25) is 0 Å². The van der Waals surface area contributed by atoms with E-state index in [1.807, 2.05) is 12.1 Å². The highest BCUT2D eigenvalue weighted by Crippen LogP contribution is 2.35. The first-order valence-electron chi connectivity index (χ1n) is 8.02. The predicted molar refractivity (Wildman–Crippen MR) is 93.5 cm³/mol. The number of carbonyl (C=O) groups is 1. The lowest BCUT2D eigenvalue weighted by molar-refractivity contribution is 0.0622. The summed E-state index contributed by atoms with van der Waals surface area (Å²) in [7, 11) is 1.57. The number of carbonyl (C=O) groups excluding carboxylic acids is 1. The number of ether oxygens (including phenoxy) is 2. The van der Waals surface area contributed by atoms with Crippen LogP contribution in [0.15, 0.2) is 18.3 Å². The Hall–Kier alpha value is -1.64. The molecule has 3 fully saturated rings. The first-order valence-corrected chi connectivity index (χ1v) is 9.65. The van der Waals surface area contributed by atoms with Crippen molar-refractivity contribution < 1.29 is 14.3 Å². The first kappa shape index (κ1) is 15.9. The van der Waals surface area contributed by atoms with Crippen LogP contribution in [0.4, 0.5) is 0 Å². The summed E-state index contributed by atoms with van der Waals surface area (Å²) >= 11 is 2.68. The standard InChI is InChI=1S/C16H19N3O3S2/c1-21-16-17-8-14(24-16)22-13-3-2-12(23-13)15(20)18-11-9-19-6-4-10(11)5-7-19/h2-3,8,10-11H,4-7,9H2,1H3,(H,18,20)/t11-/m0/s1. The van der Waals surface area contributed by atoms with Gasteiger partial charge in [0.2, 0.25) is 5.06 Å². The molecule has 0 radical (unpaired) electrons. The third kappa shape index (κ3) is 3.26. The minimum Gasteiger partial charge on any atom is -0.473 e. The molecule has 3 aliphatic rings. The number of methoxy groups -OCH3 is 1. The molecule has 128 valence electrons. The number of hydrogen-bond donors (Lipinski definition) is 1. The van der Waals surface area contributed by atoms with Crippen molar-refractivity contribution in [1.29, 1.82) is 0 Å². The van der Waals surface area contributed by atoms with E-state index in [0.29, 0.717) is 26.1 Å². The minimum absolute atomic E-state index is 0.00418. The molecule has 3 saturated heterocycles. The SMILES string of the molecule is COc1ncc(Oc2ccc(C(=O)N[C@H]3CN4CCC3CC4)s2)s1. The summed E-state index contributed by atoms with van der Waals surface area (Å²) < 4.78 is 10.8. The van der Waals surface area contributed by atoms with Gasteiger partial charge in [-0.15, -0.1) is 0 Å². The molecular weight excluding hydrogens is 346 g/mol. The van der Waals surface area contributed by atoms with Crippen molar-refractivity contribution >= 4 is 28.6 Å². The topological polar surface area (TPSA) is 63.7 Å². The molecule has 0 aliphatic carbocycles. The largest absolute Gasteiger partial charge is 0.473 e. The Kier molecular flexibility index (Phi) is 4.43. The van der Waals surface area contributed by atoms with E-state index in [1.165, 1.54) is 48.6 Å². The van der Waals surface area contributed by atoms with Gasteiger partial charge in [0.25, 0.3) is 11.1 Å². The van der Waals surface area contributed by atoms with E-state index in [2.05, 4.69) is 15.2 Å². The maximum Gasteiger partial charge on any atom is 0.276 e. The average molecular weight is 365 g/mol. The summed E-state index contributed by atoms with van der Waals surface area (Å²) in [5.41, 5.74) is 0. The number of amides is 1. The number of nitrogens with one attached hydrogen (secondary N) is 1. The third-order valence-corrected chi connectivity index (χ3v) is 6.42. The molecule has 0 saturated carbocycles. The summed E-state index contributed by atoms with van der Waals surface area (Å²) in [5, 5.41) is 5.09. The highest BCUT2D eigenvalue weighted by atomic mass is 32.1. The van der Waals surface area contributed by atoms with Gasteiger partial charge in [0, 0.05) is 12.6 Å². The van der Waals surface area contributed by atoms with E-state index in [4.69, 9.17) is 9.47 Å². The van der Waals surface area contributed by atoms with Crippen molar-refractivity contribution in [2.45, 2.75) is 18.9 Å². The minimum atomic E-state index is -0.00418. The maximum atomic E-state index is 12.5. The van der Waals surface area contributed by atoms with E-state index in [-0.39, 0.29) is 11.9 Å². The molecule has 0 aromatic carbocycles. The van der Waals surface area contributed by atoms with Gasteiger partial charge in [-0.1, -0.05) is 11.3 Å². The van der Waals surface area contributed by atoms with E-state index >= 15 is 0 Å². The lowest BCUT2D eigenvalue weighted by atomic mass is 9.84. The van der Waals surface area contributed by atoms with Gasteiger partial charge in [-0.2, -0.15) is 0 Å². The van der Waals surface area contributed by atoms with Crippen molar-refractivity contribution in [2.75, 3.05) is 26.7 Å². The lowest BCUT2D eigenvalue weighted by Crippen LogP contribution is -2.57. The fourth-order valence-corrected chi connectivity index (χ4v) is 4.77. The van der Waals surface area contributed by atoms with Gasteiger partial charge in [-0.3, -0.25) is 4.79 Å². The molecule has 0 unspecified atom stereocenters. The number of hydrogen-bond acceptors (Lipinski definition) is 7. The number of thiophene rings is 1. The van der Waals surface area contributed by atoms with Crippen LogP contribution in [0.3, 0.4) is 0 Å². The Morgan fingerprint density at radius 1 is 1.29 bits per heavy atom. The highest BCUT2D eigenvalue weighted by molar-refractivity contribution is 7.16. The van der Waals surface area contributed by atoms with Gasteiger partial charge in [0.05, 0.1) is 18.2 Å². The third-order valence-electron chi connectivity index (χ3n) is 4.62. The van der Waals surface area contributed by atoms with Crippen LogP contribution in [0.1, 0.15) is 22.5 Å². The molecule has 8 heteroatoms. The fourth-order valence-electron chi connectivity index (χ4n) is 3.35. The predicted octanol–water partition coefficient (Wildman–Crippen LogP) is 2.83. The summed E-state index contributed by atoms with van der Waals surface area (Å²) in [6.07, 6.45) is 4.00. The summed E-state index contributed by atoms with van der Waals surface area (Å²) in [5.74, 6) is 0.620. The molecule has 5 heterocycles. The Labute approximate surface area is 148 Å². The molecule has 24 heavy (non-hydrogen) atoms. The highest BCUT2D eigenvalue weighted by Gasteiger charge is 2.35. The summed E-state index contributed by atoms with van der Waals surface area (Å²) in [6.45, 7) is 3.32. The molecule has 2 aromatic rings. The molecular formula is C16H19N3O3S2. The molecule has 5 rings (SSSR count). The van der Waals surface area contributed by atoms with Gasteiger partial charge < -0.3 is 19.7 Å². The smallest absolute Gasteiger partial charge is 0.276 e. The number of piperidine rings is 3. The lowest BCUT2D eigenvalue weighted by Gasteiger charge is -2.44. The van der Waals surface area contributed by atoms with Crippen LogP contribution >= 0.6 is 22.7 Å². The van der Waals surface area contributed by atoms with Gasteiger partial charge in [-0.25, -0.2) is 4.98 Å². The molecule has 1 amide bonds. The summed E-state index contributed by atoms with van der Waals surface area (Å²) in [6, 6.07) is 3.91.